The lowest BCUT2D eigenvalue weighted by atomic mass is 10.1. The molecule has 0 unspecified atom stereocenters. The first-order valence-electron chi connectivity index (χ1n) is 7.45. The first-order valence-corrected chi connectivity index (χ1v) is 7.83. The number of carbonyl (C=O) groups excluding carboxylic acids is 1. The van der Waals surface area contributed by atoms with Gasteiger partial charge in [-0.25, -0.2) is 4.68 Å². The second kappa shape index (κ2) is 6.97. The van der Waals surface area contributed by atoms with E-state index in [0.717, 1.165) is 5.56 Å². The van der Waals surface area contributed by atoms with Crippen LogP contribution in [0.4, 0.5) is 0 Å². The summed E-state index contributed by atoms with van der Waals surface area (Å²) in [7, 11) is 0. The molecule has 0 saturated heterocycles. The summed E-state index contributed by atoms with van der Waals surface area (Å²) in [6.45, 7) is 9.13. The number of aromatic nitrogens is 2. The molecule has 0 atom stereocenters. The highest BCUT2D eigenvalue weighted by atomic mass is 35.5. The molecule has 0 spiro atoms. The minimum Gasteiger partial charge on any atom is -0.352 e. The molecular formula is C17H22ClN3O. The summed E-state index contributed by atoms with van der Waals surface area (Å²) in [4.78, 5) is 12.3. The monoisotopic (exact) mass is 319 g/mol. The van der Waals surface area contributed by atoms with Crippen LogP contribution in [0.1, 0.15) is 41.0 Å². The fourth-order valence-electron chi connectivity index (χ4n) is 2.17. The molecular weight excluding hydrogens is 298 g/mol. The third-order valence-corrected chi connectivity index (χ3v) is 3.80. The van der Waals surface area contributed by atoms with Crippen molar-refractivity contribution in [2.45, 2.75) is 34.2 Å². The fraction of sp³-hybridized carbons (Fsp3) is 0.412. The Morgan fingerprint density at radius 3 is 2.50 bits per heavy atom. The number of nitrogens with zero attached hydrogens (tertiary/aromatic N) is 2. The topological polar surface area (TPSA) is 46.9 Å². The van der Waals surface area contributed by atoms with Crippen LogP contribution in [0.25, 0.3) is 0 Å². The van der Waals surface area contributed by atoms with E-state index in [1.54, 1.807) is 4.68 Å². The number of nitrogens with one attached hydrogen (secondary N) is 1. The van der Waals surface area contributed by atoms with Crippen molar-refractivity contribution in [2.75, 3.05) is 6.54 Å². The van der Waals surface area contributed by atoms with Crippen molar-refractivity contribution in [1.82, 2.24) is 15.1 Å². The Labute approximate surface area is 136 Å². The van der Waals surface area contributed by atoms with E-state index in [0.29, 0.717) is 35.4 Å². The quantitative estimate of drug-likeness (QED) is 0.915. The molecule has 1 amide bonds. The van der Waals surface area contributed by atoms with Gasteiger partial charge in [0.15, 0.2) is 0 Å². The summed E-state index contributed by atoms with van der Waals surface area (Å²) in [6.07, 6.45) is 0. The maximum atomic E-state index is 12.3. The van der Waals surface area contributed by atoms with Gasteiger partial charge in [0.1, 0.15) is 5.15 Å². The smallest absolute Gasteiger partial charge is 0.256 e. The van der Waals surface area contributed by atoms with Gasteiger partial charge in [-0.1, -0.05) is 55.3 Å². The zero-order chi connectivity index (χ0) is 16.3. The number of aryl methyl sites for hydroxylation is 2. The van der Waals surface area contributed by atoms with Crippen molar-refractivity contribution in [3.05, 3.63) is 51.8 Å². The number of hydrogen-bond acceptors (Lipinski definition) is 2. The van der Waals surface area contributed by atoms with Crippen molar-refractivity contribution >= 4 is 17.5 Å². The Balaban J connectivity index is 2.19. The average Bonchev–Trinajstić information content (AvgIpc) is 2.73. The molecule has 1 N–H and O–H groups in total. The third-order valence-electron chi connectivity index (χ3n) is 3.42. The first kappa shape index (κ1) is 16.6. The number of benzene rings is 1. The lowest BCUT2D eigenvalue weighted by Crippen LogP contribution is -2.27. The standard InChI is InChI=1S/C17H22ClN3O/c1-11(2)9-19-17(22)15-13(4)20-21(16(15)18)10-14-7-5-12(3)6-8-14/h5-8,11H,9-10H2,1-4H3,(H,19,22). The summed E-state index contributed by atoms with van der Waals surface area (Å²) >= 11 is 6.36. The van der Waals surface area contributed by atoms with Crippen molar-refractivity contribution in [1.29, 1.82) is 0 Å². The third kappa shape index (κ3) is 3.89. The molecule has 0 radical (unpaired) electrons. The minimum atomic E-state index is -0.161. The van der Waals surface area contributed by atoms with Gasteiger partial charge in [0.25, 0.3) is 5.91 Å². The van der Waals surface area contributed by atoms with E-state index in [1.165, 1.54) is 5.56 Å². The zero-order valence-electron chi connectivity index (χ0n) is 13.5. The maximum absolute atomic E-state index is 12.3. The van der Waals surface area contributed by atoms with Gasteiger partial charge < -0.3 is 5.32 Å². The average molecular weight is 320 g/mol. The molecule has 0 bridgehead atoms. The van der Waals surface area contributed by atoms with Crippen LogP contribution in [-0.4, -0.2) is 22.2 Å². The lowest BCUT2D eigenvalue weighted by Gasteiger charge is -2.07. The van der Waals surface area contributed by atoms with E-state index in [2.05, 4.69) is 36.4 Å². The molecule has 5 heteroatoms. The van der Waals surface area contributed by atoms with Crippen LogP contribution in [0, 0.1) is 19.8 Å². The van der Waals surface area contributed by atoms with Crippen LogP contribution in [0.3, 0.4) is 0 Å². The number of amides is 1. The number of hydrogen-bond donors (Lipinski definition) is 1. The Bertz CT molecular complexity index is 659. The molecule has 1 aromatic heterocycles. The van der Waals surface area contributed by atoms with Crippen molar-refractivity contribution in [3.63, 3.8) is 0 Å². The highest BCUT2D eigenvalue weighted by Crippen LogP contribution is 2.21. The summed E-state index contributed by atoms with van der Waals surface area (Å²) in [5.41, 5.74) is 3.43. The molecule has 118 valence electrons. The summed E-state index contributed by atoms with van der Waals surface area (Å²) in [5.74, 6) is 0.233. The van der Waals surface area contributed by atoms with Crippen molar-refractivity contribution < 1.29 is 4.79 Å². The van der Waals surface area contributed by atoms with Crippen molar-refractivity contribution in [2.24, 2.45) is 5.92 Å². The maximum Gasteiger partial charge on any atom is 0.256 e. The van der Waals surface area contributed by atoms with Gasteiger partial charge in [-0.3, -0.25) is 4.79 Å². The summed E-state index contributed by atoms with van der Waals surface area (Å²) < 4.78 is 1.67. The van der Waals surface area contributed by atoms with E-state index in [4.69, 9.17) is 11.6 Å². The van der Waals surface area contributed by atoms with E-state index in [-0.39, 0.29) is 5.91 Å². The molecule has 0 fully saturated rings. The number of carbonyl (C=O) groups is 1. The largest absolute Gasteiger partial charge is 0.352 e. The second-order valence-electron chi connectivity index (χ2n) is 6.00. The molecule has 0 aliphatic rings. The van der Waals surface area contributed by atoms with Crippen molar-refractivity contribution in [3.8, 4) is 0 Å². The van der Waals surface area contributed by atoms with Crippen LogP contribution in [0.5, 0.6) is 0 Å². The molecule has 2 rings (SSSR count). The summed E-state index contributed by atoms with van der Waals surface area (Å²) in [5, 5.41) is 7.68. The van der Waals surface area contributed by atoms with Gasteiger partial charge in [0.2, 0.25) is 0 Å². The highest BCUT2D eigenvalue weighted by molar-refractivity contribution is 6.33. The second-order valence-corrected chi connectivity index (χ2v) is 6.36. The normalized spacial score (nSPS) is 11.0. The number of rotatable bonds is 5. The van der Waals surface area contributed by atoms with Gasteiger partial charge in [0.05, 0.1) is 17.8 Å². The van der Waals surface area contributed by atoms with Gasteiger partial charge >= 0.3 is 0 Å². The van der Waals surface area contributed by atoms with Gasteiger partial charge in [-0.15, -0.1) is 0 Å². The molecule has 1 aromatic carbocycles. The first-order chi connectivity index (χ1) is 10.4. The number of halogens is 1. The molecule has 0 aliphatic carbocycles. The van der Waals surface area contributed by atoms with E-state index >= 15 is 0 Å². The fourth-order valence-corrected chi connectivity index (χ4v) is 2.49. The lowest BCUT2D eigenvalue weighted by molar-refractivity contribution is 0.0948. The zero-order valence-corrected chi connectivity index (χ0v) is 14.2. The SMILES string of the molecule is Cc1ccc(Cn2nc(C)c(C(=O)NCC(C)C)c2Cl)cc1. The Hall–Kier alpha value is -1.81. The molecule has 4 nitrogen and oxygen atoms in total. The predicted octanol–water partition coefficient (Wildman–Crippen LogP) is 3.59. The van der Waals surface area contributed by atoms with Gasteiger partial charge in [-0.05, 0) is 25.3 Å². The molecule has 22 heavy (non-hydrogen) atoms. The highest BCUT2D eigenvalue weighted by Gasteiger charge is 2.20. The molecule has 0 aliphatic heterocycles. The Kier molecular flexibility index (Phi) is 5.24. The summed E-state index contributed by atoms with van der Waals surface area (Å²) in [6, 6.07) is 8.19. The molecule has 0 saturated carbocycles. The van der Waals surface area contributed by atoms with Crippen LogP contribution in [0.2, 0.25) is 5.15 Å². The van der Waals surface area contributed by atoms with E-state index in [9.17, 15) is 4.79 Å². The van der Waals surface area contributed by atoms with Crippen LogP contribution < -0.4 is 5.32 Å². The Morgan fingerprint density at radius 1 is 1.27 bits per heavy atom. The van der Waals surface area contributed by atoms with Crippen LogP contribution in [0.15, 0.2) is 24.3 Å². The molecule has 1 heterocycles. The van der Waals surface area contributed by atoms with E-state index in [1.807, 2.05) is 26.0 Å². The van der Waals surface area contributed by atoms with E-state index < -0.39 is 0 Å². The molecule has 2 aromatic rings. The van der Waals surface area contributed by atoms with Crippen LogP contribution in [-0.2, 0) is 6.54 Å². The van der Waals surface area contributed by atoms with Crippen LogP contribution >= 0.6 is 11.6 Å². The Morgan fingerprint density at radius 2 is 1.91 bits per heavy atom. The van der Waals surface area contributed by atoms with Gasteiger partial charge in [0, 0.05) is 6.54 Å². The predicted molar refractivity (Wildman–Crippen MR) is 89.4 cm³/mol. The minimum absolute atomic E-state index is 0.161. The van der Waals surface area contributed by atoms with Gasteiger partial charge in [-0.2, -0.15) is 5.10 Å².